The Labute approximate surface area is 239 Å². The molecular formula is C30H37N5O4S. The topological polar surface area (TPSA) is 104 Å². The van der Waals surface area contributed by atoms with Crippen LogP contribution in [0.4, 0.5) is 5.13 Å². The van der Waals surface area contributed by atoms with Crippen LogP contribution in [-0.2, 0) is 27.3 Å². The number of carbonyl (C=O) groups is 3. The smallest absolute Gasteiger partial charge is 0.254 e. The molecule has 0 atom stereocenters. The standard InChI is InChI=1S/C30H37N5O4S/c1-22-8-10-24(11-9-22)29(38)35(16-17-39-2)20-28(37)33-30-32-26(21-40-30)18-27(36)31-25-12-14-34(15-13-25)19-23-6-4-3-5-7-23/h3-11,21,25H,12-20H2,1-2H3,(H,31,36)(H,32,33,37). The van der Waals surface area contributed by atoms with E-state index in [2.05, 4.69) is 44.8 Å². The molecule has 0 spiro atoms. The van der Waals surface area contributed by atoms with Crippen molar-refractivity contribution in [1.82, 2.24) is 20.1 Å². The van der Waals surface area contributed by atoms with Crippen molar-refractivity contribution >= 4 is 34.2 Å². The molecular weight excluding hydrogens is 526 g/mol. The molecule has 2 heterocycles. The number of piperidine rings is 1. The minimum atomic E-state index is -0.357. The van der Waals surface area contributed by atoms with Gasteiger partial charge < -0.3 is 20.3 Å². The fourth-order valence-electron chi connectivity index (χ4n) is 4.63. The molecule has 0 saturated carbocycles. The first-order valence-electron chi connectivity index (χ1n) is 13.5. The molecule has 1 aliphatic rings. The minimum Gasteiger partial charge on any atom is -0.383 e. The second-order valence-corrected chi connectivity index (χ2v) is 10.9. The highest BCUT2D eigenvalue weighted by Gasteiger charge is 2.22. The Balaban J connectivity index is 1.22. The Morgan fingerprint density at radius 1 is 1.05 bits per heavy atom. The SMILES string of the molecule is COCCN(CC(=O)Nc1nc(CC(=O)NC2CCN(Cc3ccccc3)CC2)cs1)C(=O)c1ccc(C)cc1. The number of nitrogens with one attached hydrogen (secondary N) is 2. The van der Waals surface area contributed by atoms with Gasteiger partial charge in [0.1, 0.15) is 6.54 Å². The predicted octanol–water partition coefficient (Wildman–Crippen LogP) is 3.50. The van der Waals surface area contributed by atoms with Crippen LogP contribution in [0.25, 0.3) is 0 Å². The van der Waals surface area contributed by atoms with Gasteiger partial charge in [-0.15, -0.1) is 11.3 Å². The van der Waals surface area contributed by atoms with Gasteiger partial charge in [-0.25, -0.2) is 4.98 Å². The van der Waals surface area contributed by atoms with E-state index in [1.54, 1.807) is 24.6 Å². The van der Waals surface area contributed by atoms with Crippen LogP contribution in [0.15, 0.2) is 60.0 Å². The van der Waals surface area contributed by atoms with Crippen LogP contribution < -0.4 is 10.6 Å². The first-order chi connectivity index (χ1) is 19.4. The molecule has 1 aliphatic heterocycles. The van der Waals surface area contributed by atoms with Gasteiger partial charge in [-0.3, -0.25) is 19.3 Å². The molecule has 40 heavy (non-hydrogen) atoms. The summed E-state index contributed by atoms with van der Waals surface area (Å²) in [4.78, 5) is 46.7. The molecule has 3 aromatic rings. The van der Waals surface area contributed by atoms with Crippen molar-refractivity contribution in [2.45, 2.75) is 38.8 Å². The maximum absolute atomic E-state index is 13.0. The van der Waals surface area contributed by atoms with Gasteiger partial charge in [0.05, 0.1) is 18.7 Å². The zero-order valence-corrected chi connectivity index (χ0v) is 23.9. The summed E-state index contributed by atoms with van der Waals surface area (Å²) in [5, 5.41) is 8.07. The second-order valence-electron chi connectivity index (χ2n) is 10.1. The van der Waals surface area contributed by atoms with E-state index in [0.717, 1.165) is 38.0 Å². The van der Waals surface area contributed by atoms with Gasteiger partial charge in [0.15, 0.2) is 5.13 Å². The van der Waals surface area contributed by atoms with Gasteiger partial charge in [0.2, 0.25) is 11.8 Å². The average Bonchev–Trinajstić information content (AvgIpc) is 3.38. The molecule has 4 rings (SSSR count). The lowest BCUT2D eigenvalue weighted by Gasteiger charge is -2.32. The van der Waals surface area contributed by atoms with Crippen molar-refractivity contribution in [2.24, 2.45) is 0 Å². The Hall–Kier alpha value is -3.60. The Kier molecular flexibility index (Phi) is 10.8. The largest absolute Gasteiger partial charge is 0.383 e. The van der Waals surface area contributed by atoms with E-state index in [0.29, 0.717) is 23.0 Å². The summed E-state index contributed by atoms with van der Waals surface area (Å²) in [6.45, 7) is 5.24. The Morgan fingerprint density at radius 2 is 1.77 bits per heavy atom. The van der Waals surface area contributed by atoms with Crippen LogP contribution in [0.1, 0.15) is 40.0 Å². The number of thiazole rings is 1. The summed E-state index contributed by atoms with van der Waals surface area (Å²) >= 11 is 1.26. The summed E-state index contributed by atoms with van der Waals surface area (Å²) in [6.07, 6.45) is 1.98. The van der Waals surface area contributed by atoms with E-state index >= 15 is 0 Å². The second kappa shape index (κ2) is 14.7. The van der Waals surface area contributed by atoms with E-state index in [9.17, 15) is 14.4 Å². The molecule has 10 heteroatoms. The molecule has 1 saturated heterocycles. The van der Waals surface area contributed by atoms with Gasteiger partial charge in [0.25, 0.3) is 5.91 Å². The number of aromatic nitrogens is 1. The zero-order valence-electron chi connectivity index (χ0n) is 23.1. The maximum Gasteiger partial charge on any atom is 0.254 e. The predicted molar refractivity (Wildman–Crippen MR) is 156 cm³/mol. The molecule has 2 N–H and O–H groups in total. The fourth-order valence-corrected chi connectivity index (χ4v) is 5.36. The lowest BCUT2D eigenvalue weighted by molar-refractivity contribution is -0.121. The van der Waals surface area contributed by atoms with Crippen molar-refractivity contribution in [3.63, 3.8) is 0 Å². The van der Waals surface area contributed by atoms with Crippen LogP contribution in [0.5, 0.6) is 0 Å². The molecule has 0 aliphatic carbocycles. The van der Waals surface area contributed by atoms with Crippen molar-refractivity contribution in [2.75, 3.05) is 45.2 Å². The molecule has 1 fully saturated rings. The number of rotatable bonds is 12. The molecule has 212 valence electrons. The zero-order chi connectivity index (χ0) is 28.3. The quantitative estimate of drug-likeness (QED) is 0.350. The molecule has 0 unspecified atom stereocenters. The number of aryl methyl sites for hydroxylation is 1. The lowest BCUT2D eigenvalue weighted by atomic mass is 10.0. The number of hydrogen-bond acceptors (Lipinski definition) is 7. The summed E-state index contributed by atoms with van der Waals surface area (Å²) in [6, 6.07) is 17.8. The number of anilines is 1. The van der Waals surface area contributed by atoms with Crippen molar-refractivity contribution in [3.8, 4) is 0 Å². The number of benzene rings is 2. The number of carbonyl (C=O) groups excluding carboxylic acids is 3. The van der Waals surface area contributed by atoms with E-state index in [1.165, 1.54) is 21.8 Å². The maximum atomic E-state index is 13.0. The number of hydrogen-bond donors (Lipinski definition) is 2. The number of amides is 3. The summed E-state index contributed by atoms with van der Waals surface area (Å²) in [7, 11) is 1.55. The minimum absolute atomic E-state index is 0.0703. The normalized spacial score (nSPS) is 14.1. The first kappa shape index (κ1) is 29.4. The van der Waals surface area contributed by atoms with Gasteiger partial charge in [-0.05, 0) is 37.5 Å². The number of nitrogens with zero attached hydrogens (tertiary/aromatic N) is 3. The summed E-state index contributed by atoms with van der Waals surface area (Å²) < 4.78 is 5.13. The van der Waals surface area contributed by atoms with Crippen LogP contribution in [-0.4, -0.2) is 78.4 Å². The third-order valence-electron chi connectivity index (χ3n) is 6.83. The van der Waals surface area contributed by atoms with E-state index in [-0.39, 0.29) is 43.3 Å². The van der Waals surface area contributed by atoms with Crippen molar-refractivity contribution in [1.29, 1.82) is 0 Å². The molecule has 0 bridgehead atoms. The number of likely N-dealkylation sites (tertiary alicyclic amines) is 1. The first-order valence-corrected chi connectivity index (χ1v) is 14.4. The molecule has 0 radical (unpaired) electrons. The van der Waals surface area contributed by atoms with Crippen LogP contribution in [0, 0.1) is 6.92 Å². The molecule has 3 amide bonds. The number of methoxy groups -OCH3 is 1. The lowest BCUT2D eigenvalue weighted by Crippen LogP contribution is -2.44. The molecule has 2 aromatic carbocycles. The van der Waals surface area contributed by atoms with Crippen LogP contribution in [0.2, 0.25) is 0 Å². The Bertz CT molecular complexity index is 1260. The van der Waals surface area contributed by atoms with Crippen LogP contribution >= 0.6 is 11.3 Å². The van der Waals surface area contributed by atoms with Gasteiger partial charge in [-0.1, -0.05) is 48.0 Å². The van der Waals surface area contributed by atoms with Gasteiger partial charge in [0, 0.05) is 50.3 Å². The summed E-state index contributed by atoms with van der Waals surface area (Å²) in [5.41, 5.74) is 3.47. The average molecular weight is 564 g/mol. The van der Waals surface area contributed by atoms with E-state index in [1.807, 2.05) is 25.1 Å². The monoisotopic (exact) mass is 563 g/mol. The molecule has 1 aromatic heterocycles. The molecule has 9 nitrogen and oxygen atoms in total. The third-order valence-corrected chi connectivity index (χ3v) is 7.63. The Morgan fingerprint density at radius 3 is 2.48 bits per heavy atom. The highest BCUT2D eigenvalue weighted by atomic mass is 32.1. The van der Waals surface area contributed by atoms with Gasteiger partial charge in [-0.2, -0.15) is 0 Å². The fraction of sp³-hybridized carbons (Fsp3) is 0.400. The van der Waals surface area contributed by atoms with Crippen LogP contribution in [0.3, 0.4) is 0 Å². The third kappa shape index (κ3) is 8.97. The van der Waals surface area contributed by atoms with Gasteiger partial charge >= 0.3 is 0 Å². The summed E-state index contributed by atoms with van der Waals surface area (Å²) in [5.74, 6) is -0.669. The van der Waals surface area contributed by atoms with Crippen molar-refractivity contribution in [3.05, 3.63) is 82.4 Å². The van der Waals surface area contributed by atoms with E-state index < -0.39 is 0 Å². The van der Waals surface area contributed by atoms with E-state index in [4.69, 9.17) is 4.74 Å². The highest BCUT2D eigenvalue weighted by Crippen LogP contribution is 2.18. The highest BCUT2D eigenvalue weighted by molar-refractivity contribution is 7.13. The van der Waals surface area contributed by atoms with Crippen molar-refractivity contribution < 1.29 is 19.1 Å². The number of ether oxygens (including phenoxy) is 1.